The number of nitrogens with two attached hydrogens (primary N) is 1. The number of amides is 1. The van der Waals surface area contributed by atoms with Gasteiger partial charge in [0.1, 0.15) is 0 Å². The quantitative estimate of drug-likeness (QED) is 0.334. The number of hydrogen-bond acceptors (Lipinski definition) is 4. The topological polar surface area (TPSA) is 79.5 Å². The van der Waals surface area contributed by atoms with E-state index in [4.69, 9.17) is 13.2 Å². The van der Waals surface area contributed by atoms with Crippen molar-refractivity contribution in [2.45, 2.75) is 50.7 Å². The van der Waals surface area contributed by atoms with Crippen LogP contribution in [0.2, 0.25) is 0 Å². The van der Waals surface area contributed by atoms with Crippen LogP contribution in [0.1, 0.15) is 54.9 Å². The molecule has 2 fully saturated rings. The summed E-state index contributed by atoms with van der Waals surface area (Å²) < 4.78 is 0. The van der Waals surface area contributed by atoms with E-state index in [0.29, 0.717) is 18.2 Å². The van der Waals surface area contributed by atoms with Crippen molar-refractivity contribution in [2.24, 2.45) is 10.7 Å². The molecule has 3 aromatic rings. The summed E-state index contributed by atoms with van der Waals surface area (Å²) >= 11 is 0. The molecule has 0 bridgehead atoms. The van der Waals surface area contributed by atoms with E-state index in [2.05, 4.69) is 52.0 Å². The van der Waals surface area contributed by atoms with Gasteiger partial charge in [-0.15, -0.1) is 0 Å². The van der Waals surface area contributed by atoms with E-state index in [0.717, 1.165) is 53.3 Å². The maximum absolute atomic E-state index is 11.5. The first-order chi connectivity index (χ1) is 17.0. The van der Waals surface area contributed by atoms with Crippen molar-refractivity contribution >= 4 is 41.5 Å². The van der Waals surface area contributed by atoms with Gasteiger partial charge in [0.2, 0.25) is 0 Å². The number of carbonyl (C=O) groups excluding carboxylic acids is 1. The van der Waals surface area contributed by atoms with Gasteiger partial charge in [-0.25, -0.2) is 0 Å². The zero-order valence-electron chi connectivity index (χ0n) is 20.1. The first-order valence-electron chi connectivity index (χ1n) is 12.2. The molecular weight excluding hydrogens is 431 g/mol. The molecule has 0 spiro atoms. The van der Waals surface area contributed by atoms with Gasteiger partial charge in [0.05, 0.1) is 0 Å². The van der Waals surface area contributed by atoms with Crippen LogP contribution in [0.5, 0.6) is 0 Å². The van der Waals surface area contributed by atoms with Gasteiger partial charge >= 0.3 is 208 Å². The number of hydrogen-bond donors (Lipinski definition) is 3. The molecule has 5 rings (SSSR count). The average molecular weight is 461 g/mol. The van der Waals surface area contributed by atoms with Crippen molar-refractivity contribution in [3.05, 3.63) is 89.1 Å². The average Bonchev–Trinajstić information content (AvgIpc) is 3.80. The van der Waals surface area contributed by atoms with Gasteiger partial charge in [0.25, 0.3) is 0 Å². The third-order valence-corrected chi connectivity index (χ3v) is 6.82. The molecule has 0 aliphatic heterocycles. The van der Waals surface area contributed by atoms with Gasteiger partial charge in [0, 0.05) is 0 Å². The van der Waals surface area contributed by atoms with Gasteiger partial charge in [-0.05, 0) is 0 Å². The van der Waals surface area contributed by atoms with Gasteiger partial charge in [-0.1, -0.05) is 0 Å². The summed E-state index contributed by atoms with van der Waals surface area (Å²) in [5, 5.41) is 8.91. The molecule has 5 nitrogen and oxygen atoms in total. The zero-order valence-corrected chi connectivity index (χ0v) is 20.1. The molecule has 2 aliphatic rings. The van der Waals surface area contributed by atoms with Crippen molar-refractivity contribution in [3.63, 3.8) is 0 Å². The van der Waals surface area contributed by atoms with Crippen molar-refractivity contribution in [3.8, 4) is 0 Å². The monoisotopic (exact) mass is 461 g/mol. The minimum atomic E-state index is -0.256. The molecule has 1 radical (unpaired) electrons. The van der Waals surface area contributed by atoms with Crippen LogP contribution in [0.25, 0.3) is 16.3 Å². The van der Waals surface area contributed by atoms with E-state index in [-0.39, 0.29) is 11.4 Å². The first kappa shape index (κ1) is 23.1. The number of allylic oxidation sites excluding steroid dienone is 1. The van der Waals surface area contributed by atoms with Crippen LogP contribution in [0.15, 0.2) is 71.9 Å². The van der Waals surface area contributed by atoms with Crippen LogP contribution in [0, 0.1) is 0 Å². The fraction of sp³-hybridized carbons (Fsp3) is 0.276. The number of aliphatic imine (C=N–C) groups is 1. The van der Waals surface area contributed by atoms with Crippen LogP contribution < -0.4 is 16.4 Å². The Labute approximate surface area is 207 Å². The van der Waals surface area contributed by atoms with Crippen LogP contribution in [0.3, 0.4) is 0 Å². The molecule has 6 heteroatoms. The number of carbonyl (C=O) groups is 1. The molecule has 2 saturated carbocycles. The van der Waals surface area contributed by atoms with E-state index in [1.54, 1.807) is 6.20 Å². The predicted molar refractivity (Wildman–Crippen MR) is 145 cm³/mol. The summed E-state index contributed by atoms with van der Waals surface area (Å²) in [4.78, 5) is 16.1. The first-order valence-corrected chi connectivity index (χ1v) is 12.2. The van der Waals surface area contributed by atoms with Crippen LogP contribution in [-0.4, -0.2) is 31.2 Å². The molecule has 4 N–H and O–H groups in total. The Hall–Kier alpha value is -3.67. The molecule has 35 heavy (non-hydrogen) atoms. The van der Waals surface area contributed by atoms with Gasteiger partial charge in [-0.2, -0.15) is 0 Å². The number of benzene rings is 3. The Morgan fingerprint density at radius 3 is 2.60 bits per heavy atom. The van der Waals surface area contributed by atoms with Crippen molar-refractivity contribution in [1.82, 2.24) is 10.6 Å². The van der Waals surface area contributed by atoms with Gasteiger partial charge in [0.15, 0.2) is 0 Å². The molecule has 0 saturated heterocycles. The molecule has 0 atom stereocenters. The van der Waals surface area contributed by atoms with E-state index in [1.165, 1.54) is 17.9 Å². The number of nitrogens with zero attached hydrogens (tertiary/aromatic N) is 1. The number of fused-ring (bicyclic) bond motifs is 1. The van der Waals surface area contributed by atoms with Crippen molar-refractivity contribution in [2.75, 3.05) is 0 Å². The maximum atomic E-state index is 11.5. The summed E-state index contributed by atoms with van der Waals surface area (Å²) in [5.74, 6) is -0.0673. The Morgan fingerprint density at radius 2 is 1.89 bits per heavy atom. The number of nitrogens with one attached hydrogen (secondary N) is 2. The summed E-state index contributed by atoms with van der Waals surface area (Å²) in [5.41, 5.74) is 11.5. The zero-order chi connectivity index (χ0) is 24.4. The molecule has 3 aromatic carbocycles. The van der Waals surface area contributed by atoms with Gasteiger partial charge < -0.3 is 0 Å². The van der Waals surface area contributed by atoms with E-state index >= 15 is 0 Å². The Kier molecular flexibility index (Phi) is 6.29. The van der Waals surface area contributed by atoms with Crippen LogP contribution in [-0.2, 0) is 16.9 Å². The Morgan fingerprint density at radius 1 is 1.14 bits per heavy atom. The second kappa shape index (κ2) is 9.53. The van der Waals surface area contributed by atoms with Crippen LogP contribution in [0.4, 0.5) is 0 Å². The van der Waals surface area contributed by atoms with E-state index < -0.39 is 0 Å². The normalized spacial score (nSPS) is 16.9. The molecule has 175 valence electrons. The van der Waals surface area contributed by atoms with E-state index in [9.17, 15) is 4.79 Å². The summed E-state index contributed by atoms with van der Waals surface area (Å²) in [6.45, 7) is 1.95. The standard InChI is InChI=1S/C29H30BN4O/c1-19(35)32-17-21-7-3-5-9-26(21)28(30)34-29(12-13-29)27-15-22(14-20-6-2-4-8-25(20)27)23(16-31)18-33-24-10-11-24/h2-9,14-16,18,24,34H,10-13,17,31H2,1H3,(H,32,35)/b23-16+,33-18?. The van der Waals surface area contributed by atoms with Crippen molar-refractivity contribution in [1.29, 1.82) is 0 Å². The summed E-state index contributed by atoms with van der Waals surface area (Å²) in [6, 6.07) is 21.2. The third kappa shape index (κ3) is 5.07. The fourth-order valence-electron chi connectivity index (χ4n) is 4.57. The predicted octanol–water partition coefficient (Wildman–Crippen LogP) is 3.93. The second-order valence-electron chi connectivity index (χ2n) is 9.56. The fourth-order valence-corrected chi connectivity index (χ4v) is 4.57. The Balaban J connectivity index is 1.49. The molecule has 2 aliphatic carbocycles. The third-order valence-electron chi connectivity index (χ3n) is 6.82. The minimum absolute atomic E-state index is 0.0673. The van der Waals surface area contributed by atoms with Crippen LogP contribution >= 0.6 is 0 Å². The summed E-state index contributed by atoms with van der Waals surface area (Å²) in [6.07, 6.45) is 7.83. The summed E-state index contributed by atoms with van der Waals surface area (Å²) in [7, 11) is 6.66. The molecule has 0 heterocycles. The van der Waals surface area contributed by atoms with E-state index in [1.807, 2.05) is 30.5 Å². The van der Waals surface area contributed by atoms with Crippen molar-refractivity contribution < 1.29 is 4.79 Å². The molecular formula is C29H30BN4O. The molecule has 0 aromatic heterocycles. The Bertz CT molecular complexity index is 1350. The van der Waals surface area contributed by atoms with Gasteiger partial charge in [-0.3, -0.25) is 0 Å². The molecule has 0 unspecified atom stereocenters. The second-order valence-corrected chi connectivity index (χ2v) is 9.56. The molecule has 1 amide bonds. The number of rotatable bonds is 9. The SMILES string of the molecule is [B]=C(NC1(c2cc(/C(C=NC3CC3)=C/N)cc3ccccc23)CC1)c1ccccc1CNC(C)=O.